The fourth-order valence-electron chi connectivity index (χ4n) is 2.89. The van der Waals surface area contributed by atoms with E-state index in [1.165, 1.54) is 44.2 Å². The molecule has 0 aromatic heterocycles. The van der Waals surface area contributed by atoms with Crippen LogP contribution >= 0.6 is 0 Å². The van der Waals surface area contributed by atoms with E-state index in [-0.39, 0.29) is 0 Å². The van der Waals surface area contributed by atoms with E-state index in [2.05, 4.69) is 12.2 Å². The molecule has 0 aliphatic heterocycles. The molecule has 0 amide bonds. The molecule has 1 fully saturated rings. The van der Waals surface area contributed by atoms with Crippen LogP contribution in [0.5, 0.6) is 0 Å². The SMILES string of the molecule is C[C@@H](NCc1ccc([N+](=O)[O-])c(F)c1)C1CCCCC1. The standard InChI is InChI=1S/C15H21FN2O2/c1-11(13-5-3-2-4-6-13)17-10-12-7-8-15(18(19)20)14(16)9-12/h7-9,11,13,17H,2-6,10H2,1H3/t11-/m1/s1. The molecule has 4 nitrogen and oxygen atoms in total. The molecule has 110 valence electrons. The predicted molar refractivity (Wildman–Crippen MR) is 75.9 cm³/mol. The first-order valence-electron chi connectivity index (χ1n) is 7.24. The van der Waals surface area contributed by atoms with Gasteiger partial charge in [-0.05, 0) is 37.3 Å². The van der Waals surface area contributed by atoms with E-state index in [0.717, 1.165) is 5.56 Å². The molecule has 0 unspecified atom stereocenters. The van der Waals surface area contributed by atoms with Gasteiger partial charge in [0, 0.05) is 18.7 Å². The van der Waals surface area contributed by atoms with E-state index in [1.54, 1.807) is 6.07 Å². The first-order chi connectivity index (χ1) is 9.58. The van der Waals surface area contributed by atoms with Gasteiger partial charge in [0.1, 0.15) is 0 Å². The van der Waals surface area contributed by atoms with Crippen LogP contribution in [0.15, 0.2) is 18.2 Å². The summed E-state index contributed by atoms with van der Waals surface area (Å²) in [6.07, 6.45) is 6.42. The number of nitrogens with zero attached hydrogens (tertiary/aromatic N) is 1. The molecule has 0 radical (unpaired) electrons. The summed E-state index contributed by atoms with van der Waals surface area (Å²) in [7, 11) is 0. The van der Waals surface area contributed by atoms with Crippen LogP contribution in [0.2, 0.25) is 0 Å². The second-order valence-corrected chi connectivity index (χ2v) is 5.61. The Morgan fingerprint density at radius 3 is 2.70 bits per heavy atom. The summed E-state index contributed by atoms with van der Waals surface area (Å²) in [5.74, 6) is -0.0775. The van der Waals surface area contributed by atoms with Crippen molar-refractivity contribution in [3.63, 3.8) is 0 Å². The van der Waals surface area contributed by atoms with E-state index in [1.807, 2.05) is 0 Å². The highest BCUT2D eigenvalue weighted by molar-refractivity contribution is 5.34. The second kappa shape index (κ2) is 6.79. The first kappa shape index (κ1) is 14.9. The van der Waals surface area contributed by atoms with Crippen LogP contribution in [0.3, 0.4) is 0 Å². The second-order valence-electron chi connectivity index (χ2n) is 5.61. The topological polar surface area (TPSA) is 55.2 Å². The zero-order valence-electron chi connectivity index (χ0n) is 11.8. The highest BCUT2D eigenvalue weighted by Crippen LogP contribution is 2.26. The Morgan fingerprint density at radius 1 is 1.40 bits per heavy atom. The van der Waals surface area contributed by atoms with E-state index in [0.29, 0.717) is 18.5 Å². The molecule has 0 saturated heterocycles. The Labute approximate surface area is 118 Å². The molecule has 1 N–H and O–H groups in total. The number of nitrogens with one attached hydrogen (secondary N) is 1. The van der Waals surface area contributed by atoms with Gasteiger partial charge in [-0.3, -0.25) is 10.1 Å². The molecule has 1 aliphatic carbocycles. The predicted octanol–water partition coefficient (Wildman–Crippen LogP) is 3.79. The van der Waals surface area contributed by atoms with Gasteiger partial charge in [-0.1, -0.05) is 25.3 Å². The smallest absolute Gasteiger partial charge is 0.304 e. The Bertz CT molecular complexity index is 473. The van der Waals surface area contributed by atoms with Gasteiger partial charge in [0.05, 0.1) is 4.92 Å². The Hall–Kier alpha value is -1.49. The maximum Gasteiger partial charge on any atom is 0.304 e. The van der Waals surface area contributed by atoms with Crippen molar-refractivity contribution in [2.45, 2.75) is 51.6 Å². The number of hydrogen-bond acceptors (Lipinski definition) is 3. The normalized spacial score (nSPS) is 17.9. The number of halogens is 1. The molecule has 1 atom stereocenters. The Kier molecular flexibility index (Phi) is 5.06. The van der Waals surface area contributed by atoms with Gasteiger partial charge >= 0.3 is 5.69 Å². The van der Waals surface area contributed by atoms with E-state index >= 15 is 0 Å². The van der Waals surface area contributed by atoms with Gasteiger partial charge in [0.2, 0.25) is 5.82 Å². The summed E-state index contributed by atoms with van der Waals surface area (Å²) in [5, 5.41) is 14.0. The minimum Gasteiger partial charge on any atom is -0.310 e. The van der Waals surface area contributed by atoms with Gasteiger partial charge in [0.25, 0.3) is 0 Å². The van der Waals surface area contributed by atoms with Crippen LogP contribution in [0.4, 0.5) is 10.1 Å². The Balaban J connectivity index is 1.90. The molecule has 0 spiro atoms. The first-order valence-corrected chi connectivity index (χ1v) is 7.24. The highest BCUT2D eigenvalue weighted by Gasteiger charge is 2.20. The molecule has 1 aliphatic rings. The minimum atomic E-state index is -0.764. The molecule has 1 saturated carbocycles. The highest BCUT2D eigenvalue weighted by atomic mass is 19.1. The lowest BCUT2D eigenvalue weighted by Crippen LogP contribution is -2.34. The lowest BCUT2D eigenvalue weighted by molar-refractivity contribution is -0.387. The summed E-state index contributed by atoms with van der Waals surface area (Å²) < 4.78 is 13.5. The van der Waals surface area contributed by atoms with Crippen LogP contribution < -0.4 is 5.32 Å². The molecule has 0 bridgehead atoms. The fourth-order valence-corrected chi connectivity index (χ4v) is 2.89. The van der Waals surface area contributed by atoms with Gasteiger partial charge < -0.3 is 5.32 Å². The van der Waals surface area contributed by atoms with Gasteiger partial charge in [-0.2, -0.15) is 4.39 Å². The average Bonchev–Trinajstić information content (AvgIpc) is 2.45. The van der Waals surface area contributed by atoms with Crippen LogP contribution in [0.1, 0.15) is 44.6 Å². The third-order valence-electron chi connectivity index (χ3n) is 4.19. The molecule has 20 heavy (non-hydrogen) atoms. The number of rotatable bonds is 5. The molecule has 0 heterocycles. The van der Waals surface area contributed by atoms with Gasteiger partial charge in [-0.15, -0.1) is 0 Å². The third-order valence-corrected chi connectivity index (χ3v) is 4.19. The summed E-state index contributed by atoms with van der Waals surface area (Å²) >= 11 is 0. The largest absolute Gasteiger partial charge is 0.310 e. The van der Waals surface area contributed by atoms with E-state index in [4.69, 9.17) is 0 Å². The molecular formula is C15H21FN2O2. The van der Waals surface area contributed by atoms with Crippen LogP contribution in [0.25, 0.3) is 0 Å². The summed E-state index contributed by atoms with van der Waals surface area (Å²) in [4.78, 5) is 9.86. The maximum atomic E-state index is 13.5. The van der Waals surface area contributed by atoms with Gasteiger partial charge in [-0.25, -0.2) is 0 Å². The summed E-state index contributed by atoms with van der Waals surface area (Å²) in [6.45, 7) is 2.71. The number of hydrogen-bond donors (Lipinski definition) is 1. The number of benzene rings is 1. The van der Waals surface area contributed by atoms with Crippen molar-refractivity contribution in [1.82, 2.24) is 5.32 Å². The fraction of sp³-hybridized carbons (Fsp3) is 0.600. The van der Waals surface area contributed by atoms with Crippen molar-refractivity contribution in [3.05, 3.63) is 39.7 Å². The van der Waals surface area contributed by atoms with Crippen molar-refractivity contribution in [1.29, 1.82) is 0 Å². The van der Waals surface area contributed by atoms with Crippen LogP contribution in [-0.4, -0.2) is 11.0 Å². The summed E-state index contributed by atoms with van der Waals surface area (Å²) in [6, 6.07) is 4.49. The van der Waals surface area contributed by atoms with Crippen molar-refractivity contribution in [2.24, 2.45) is 5.92 Å². The number of nitro groups is 1. The summed E-state index contributed by atoms with van der Waals surface area (Å²) in [5.41, 5.74) is 0.282. The average molecular weight is 280 g/mol. The van der Waals surface area contributed by atoms with Crippen molar-refractivity contribution in [2.75, 3.05) is 0 Å². The van der Waals surface area contributed by atoms with E-state index < -0.39 is 16.4 Å². The molecule has 5 heteroatoms. The monoisotopic (exact) mass is 280 g/mol. The molecular weight excluding hydrogens is 259 g/mol. The molecule has 2 rings (SSSR count). The van der Waals surface area contributed by atoms with Crippen molar-refractivity contribution >= 4 is 5.69 Å². The third kappa shape index (κ3) is 3.76. The van der Waals surface area contributed by atoms with Crippen LogP contribution in [-0.2, 0) is 6.54 Å². The minimum absolute atomic E-state index is 0.397. The quantitative estimate of drug-likeness (QED) is 0.659. The van der Waals surface area contributed by atoms with E-state index in [9.17, 15) is 14.5 Å². The zero-order valence-corrected chi connectivity index (χ0v) is 11.8. The molecule has 1 aromatic rings. The Morgan fingerprint density at radius 2 is 2.10 bits per heavy atom. The van der Waals surface area contributed by atoms with Crippen molar-refractivity contribution < 1.29 is 9.31 Å². The molecule has 1 aromatic carbocycles. The number of nitro benzene ring substituents is 1. The lowest BCUT2D eigenvalue weighted by Gasteiger charge is -2.28. The lowest BCUT2D eigenvalue weighted by atomic mass is 9.84. The maximum absolute atomic E-state index is 13.5. The zero-order chi connectivity index (χ0) is 14.5. The van der Waals surface area contributed by atoms with Gasteiger partial charge in [0.15, 0.2) is 0 Å². The van der Waals surface area contributed by atoms with Crippen LogP contribution in [0, 0.1) is 21.8 Å². The van der Waals surface area contributed by atoms with Crippen molar-refractivity contribution in [3.8, 4) is 0 Å².